The van der Waals surface area contributed by atoms with E-state index < -0.39 is 0 Å². The van der Waals surface area contributed by atoms with Crippen LogP contribution in [0.3, 0.4) is 0 Å². The van der Waals surface area contributed by atoms with Crippen LogP contribution in [0.2, 0.25) is 0 Å². The van der Waals surface area contributed by atoms with E-state index in [-0.39, 0.29) is 23.1 Å². The van der Waals surface area contributed by atoms with Crippen molar-refractivity contribution in [1.29, 1.82) is 5.26 Å². The van der Waals surface area contributed by atoms with E-state index >= 15 is 0 Å². The molecule has 1 N–H and O–H groups in total. The largest absolute Gasteiger partial charge is 0.342 e. The fourth-order valence-electron chi connectivity index (χ4n) is 2.69. The van der Waals surface area contributed by atoms with Crippen LogP contribution < -0.4 is 5.32 Å². The molecule has 0 aliphatic carbocycles. The van der Waals surface area contributed by atoms with Crippen LogP contribution in [0.25, 0.3) is 0 Å². The zero-order valence-corrected chi connectivity index (χ0v) is 13.9. The second-order valence-electron chi connectivity index (χ2n) is 6.99. The van der Waals surface area contributed by atoms with E-state index in [2.05, 4.69) is 5.32 Å². The van der Waals surface area contributed by atoms with Crippen molar-refractivity contribution in [3.63, 3.8) is 0 Å². The molecule has 1 aromatic carbocycles. The molecule has 0 unspecified atom stereocenters. The molecule has 0 saturated carbocycles. The average Bonchev–Trinajstić information content (AvgIpc) is 2.54. The van der Waals surface area contributed by atoms with Gasteiger partial charge in [-0.3, -0.25) is 9.59 Å². The maximum atomic E-state index is 12.3. The first kappa shape index (κ1) is 17.0. The van der Waals surface area contributed by atoms with Crippen molar-refractivity contribution >= 4 is 17.5 Å². The molecular weight excluding hydrogens is 290 g/mol. The minimum Gasteiger partial charge on any atom is -0.342 e. The molecule has 1 heterocycles. The maximum Gasteiger partial charge on any atom is 0.227 e. The zero-order valence-electron chi connectivity index (χ0n) is 13.9. The Kier molecular flexibility index (Phi) is 5.05. The van der Waals surface area contributed by atoms with E-state index in [1.807, 2.05) is 31.7 Å². The lowest BCUT2D eigenvalue weighted by molar-refractivity contribution is -0.142. The Bertz CT molecular complexity index is 615. The van der Waals surface area contributed by atoms with Crippen molar-refractivity contribution in [2.75, 3.05) is 18.4 Å². The molecule has 1 aliphatic rings. The number of benzene rings is 1. The van der Waals surface area contributed by atoms with Gasteiger partial charge in [0.1, 0.15) is 0 Å². The van der Waals surface area contributed by atoms with Gasteiger partial charge < -0.3 is 10.2 Å². The molecule has 122 valence electrons. The van der Waals surface area contributed by atoms with Gasteiger partial charge in [0.15, 0.2) is 0 Å². The summed E-state index contributed by atoms with van der Waals surface area (Å²) in [6.45, 7) is 7.00. The molecule has 5 nitrogen and oxygen atoms in total. The third-order valence-corrected chi connectivity index (χ3v) is 4.08. The van der Waals surface area contributed by atoms with Gasteiger partial charge in [-0.05, 0) is 37.1 Å². The van der Waals surface area contributed by atoms with E-state index in [0.29, 0.717) is 37.2 Å². The van der Waals surface area contributed by atoms with Gasteiger partial charge in [0.25, 0.3) is 0 Å². The lowest BCUT2D eigenvalue weighted by atomic mass is 9.90. The monoisotopic (exact) mass is 313 g/mol. The minimum atomic E-state index is -0.377. The number of nitrogens with one attached hydrogen (secondary N) is 1. The summed E-state index contributed by atoms with van der Waals surface area (Å²) < 4.78 is 0. The number of hydrogen-bond acceptors (Lipinski definition) is 3. The first-order valence-electron chi connectivity index (χ1n) is 7.91. The van der Waals surface area contributed by atoms with Gasteiger partial charge in [0.2, 0.25) is 11.8 Å². The van der Waals surface area contributed by atoms with Crippen LogP contribution in [0.1, 0.15) is 39.2 Å². The Hall–Kier alpha value is -2.35. The van der Waals surface area contributed by atoms with Crippen molar-refractivity contribution in [3.05, 3.63) is 29.8 Å². The minimum absolute atomic E-state index is 0.0161. The summed E-state index contributed by atoms with van der Waals surface area (Å²) in [7, 11) is 0. The summed E-state index contributed by atoms with van der Waals surface area (Å²) in [6.07, 6.45) is 1.37. The standard InChI is InChI=1S/C18H23N3O2/c1-18(2,3)17(23)21-10-8-14(9-11-21)16(22)20-15-6-4-13(12-19)5-7-15/h4-7,14H,8-11H2,1-3H3,(H,20,22). The number of hydrogen-bond donors (Lipinski definition) is 1. The van der Waals surface area contributed by atoms with E-state index in [9.17, 15) is 9.59 Å². The van der Waals surface area contributed by atoms with Crippen LogP contribution >= 0.6 is 0 Å². The van der Waals surface area contributed by atoms with Crippen LogP contribution in [0.4, 0.5) is 5.69 Å². The number of nitrogens with zero attached hydrogens (tertiary/aromatic N) is 2. The smallest absolute Gasteiger partial charge is 0.227 e. The van der Waals surface area contributed by atoms with Crippen LogP contribution in [-0.4, -0.2) is 29.8 Å². The summed E-state index contributed by atoms with van der Waals surface area (Å²) in [5.74, 6) is 0.0516. The molecule has 0 aromatic heterocycles. The van der Waals surface area contributed by atoms with Crippen LogP contribution in [-0.2, 0) is 9.59 Å². The Balaban J connectivity index is 1.88. The highest BCUT2D eigenvalue weighted by Crippen LogP contribution is 2.24. The first-order valence-corrected chi connectivity index (χ1v) is 7.91. The second-order valence-corrected chi connectivity index (χ2v) is 6.99. The third kappa shape index (κ3) is 4.32. The van der Waals surface area contributed by atoms with E-state index in [0.717, 1.165) is 0 Å². The lowest BCUT2D eigenvalue weighted by Gasteiger charge is -2.35. The number of piperidine rings is 1. The summed E-state index contributed by atoms with van der Waals surface area (Å²) in [6, 6.07) is 8.87. The summed E-state index contributed by atoms with van der Waals surface area (Å²) in [5, 5.41) is 11.7. The molecule has 1 fully saturated rings. The van der Waals surface area contributed by atoms with Gasteiger partial charge in [-0.15, -0.1) is 0 Å². The summed E-state index contributed by atoms with van der Waals surface area (Å²) in [4.78, 5) is 26.4. The molecular formula is C18H23N3O2. The van der Waals surface area contributed by atoms with Gasteiger partial charge in [0.05, 0.1) is 11.6 Å². The number of rotatable bonds is 2. The molecule has 1 aromatic rings. The Morgan fingerprint density at radius 1 is 1.17 bits per heavy atom. The quantitative estimate of drug-likeness (QED) is 0.912. The van der Waals surface area contributed by atoms with Gasteiger partial charge in [-0.2, -0.15) is 5.26 Å². The number of carbonyl (C=O) groups excluding carboxylic acids is 2. The third-order valence-electron chi connectivity index (χ3n) is 4.08. The highest BCUT2D eigenvalue weighted by Gasteiger charge is 2.32. The normalized spacial score (nSPS) is 15.8. The van der Waals surface area contributed by atoms with Crippen molar-refractivity contribution in [2.24, 2.45) is 11.3 Å². The van der Waals surface area contributed by atoms with E-state index in [1.54, 1.807) is 24.3 Å². The predicted octanol–water partition coefficient (Wildman–Crippen LogP) is 2.78. The maximum absolute atomic E-state index is 12.3. The first-order chi connectivity index (χ1) is 10.8. The highest BCUT2D eigenvalue weighted by atomic mass is 16.2. The second kappa shape index (κ2) is 6.82. The fourth-order valence-corrected chi connectivity index (χ4v) is 2.69. The van der Waals surface area contributed by atoms with Gasteiger partial charge >= 0.3 is 0 Å². The molecule has 2 rings (SSSR count). The van der Waals surface area contributed by atoms with Crippen molar-refractivity contribution in [1.82, 2.24) is 4.90 Å². The van der Waals surface area contributed by atoms with Gasteiger partial charge in [-0.1, -0.05) is 20.8 Å². The number of anilines is 1. The fraction of sp³-hybridized carbons (Fsp3) is 0.500. The Morgan fingerprint density at radius 2 is 1.74 bits per heavy atom. The predicted molar refractivity (Wildman–Crippen MR) is 88.5 cm³/mol. The van der Waals surface area contributed by atoms with Crippen molar-refractivity contribution in [3.8, 4) is 6.07 Å². The van der Waals surface area contributed by atoms with Gasteiger partial charge in [-0.25, -0.2) is 0 Å². The molecule has 23 heavy (non-hydrogen) atoms. The molecule has 0 bridgehead atoms. The molecule has 0 radical (unpaired) electrons. The summed E-state index contributed by atoms with van der Waals surface area (Å²) >= 11 is 0. The Morgan fingerprint density at radius 3 is 2.22 bits per heavy atom. The lowest BCUT2D eigenvalue weighted by Crippen LogP contribution is -2.45. The summed E-state index contributed by atoms with van der Waals surface area (Å²) in [5.41, 5.74) is 0.886. The molecule has 0 atom stereocenters. The number of likely N-dealkylation sites (tertiary alicyclic amines) is 1. The molecule has 2 amide bonds. The van der Waals surface area contributed by atoms with Crippen molar-refractivity contribution < 1.29 is 9.59 Å². The van der Waals surface area contributed by atoms with E-state index in [1.165, 1.54) is 0 Å². The van der Waals surface area contributed by atoms with Crippen LogP contribution in [0, 0.1) is 22.7 Å². The van der Waals surface area contributed by atoms with Gasteiger partial charge in [0, 0.05) is 30.1 Å². The molecule has 5 heteroatoms. The average molecular weight is 313 g/mol. The molecule has 0 spiro atoms. The van der Waals surface area contributed by atoms with Crippen LogP contribution in [0.15, 0.2) is 24.3 Å². The van der Waals surface area contributed by atoms with E-state index in [4.69, 9.17) is 5.26 Å². The SMILES string of the molecule is CC(C)(C)C(=O)N1CCC(C(=O)Nc2ccc(C#N)cc2)CC1. The zero-order chi connectivity index (χ0) is 17.0. The number of carbonyl (C=O) groups is 2. The van der Waals surface area contributed by atoms with Crippen LogP contribution in [0.5, 0.6) is 0 Å². The molecule has 1 saturated heterocycles. The highest BCUT2D eigenvalue weighted by molar-refractivity contribution is 5.92. The molecule has 1 aliphatic heterocycles. The topological polar surface area (TPSA) is 73.2 Å². The number of amides is 2. The Labute approximate surface area is 137 Å². The number of nitriles is 1. The van der Waals surface area contributed by atoms with Crippen molar-refractivity contribution in [2.45, 2.75) is 33.6 Å².